The first-order valence-electron chi connectivity index (χ1n) is 8.98. The van der Waals surface area contributed by atoms with E-state index in [1.54, 1.807) is 0 Å². The van der Waals surface area contributed by atoms with Crippen molar-refractivity contribution in [1.29, 1.82) is 0 Å². The highest BCUT2D eigenvalue weighted by atomic mass is 16.2. The molecule has 0 aliphatic rings. The molecule has 2 aromatic rings. The highest BCUT2D eigenvalue weighted by Crippen LogP contribution is 2.13. The van der Waals surface area contributed by atoms with E-state index in [9.17, 15) is 4.79 Å². The predicted molar refractivity (Wildman–Crippen MR) is 118 cm³/mol. The van der Waals surface area contributed by atoms with Crippen LogP contribution in [0.4, 0.5) is 16.2 Å². The van der Waals surface area contributed by atoms with E-state index in [1.165, 1.54) is 0 Å². The van der Waals surface area contributed by atoms with Crippen molar-refractivity contribution in [2.75, 3.05) is 38.0 Å². The molecule has 0 heterocycles. The Bertz CT molecular complexity index is 780. The van der Waals surface area contributed by atoms with Crippen molar-refractivity contribution in [3.8, 4) is 0 Å². The zero-order valence-corrected chi connectivity index (χ0v) is 17.3. The molecule has 0 aromatic heterocycles. The summed E-state index contributed by atoms with van der Waals surface area (Å²) in [5.41, 5.74) is 10.4. The van der Waals surface area contributed by atoms with Crippen molar-refractivity contribution < 1.29 is 4.79 Å². The minimum atomic E-state index is -0.492. The van der Waals surface area contributed by atoms with Crippen molar-refractivity contribution in [3.63, 3.8) is 0 Å². The van der Waals surface area contributed by atoms with Gasteiger partial charge in [0.15, 0.2) is 0 Å². The van der Waals surface area contributed by atoms with Crippen LogP contribution in [-0.2, 0) is 0 Å². The molecule has 0 spiro atoms. The summed E-state index contributed by atoms with van der Waals surface area (Å²) in [5.74, 6) is 0. The Labute approximate surface area is 166 Å². The Morgan fingerprint density at radius 1 is 0.679 bits per heavy atom. The molecule has 0 aliphatic heterocycles. The van der Waals surface area contributed by atoms with Gasteiger partial charge in [-0.25, -0.2) is 15.6 Å². The van der Waals surface area contributed by atoms with Crippen molar-refractivity contribution in [1.82, 2.24) is 10.9 Å². The van der Waals surface area contributed by atoms with E-state index in [2.05, 4.69) is 21.1 Å². The second-order valence-electron chi connectivity index (χ2n) is 6.83. The van der Waals surface area contributed by atoms with Crippen LogP contribution in [0.1, 0.15) is 25.0 Å². The normalized spacial score (nSPS) is 11.8. The summed E-state index contributed by atoms with van der Waals surface area (Å²) in [5, 5.41) is 8.23. The number of anilines is 2. The van der Waals surface area contributed by atoms with Gasteiger partial charge < -0.3 is 9.80 Å². The topological polar surface area (TPSA) is 72.3 Å². The molecular formula is C21H28N6O. The quantitative estimate of drug-likeness (QED) is 0.597. The van der Waals surface area contributed by atoms with Crippen molar-refractivity contribution >= 4 is 28.8 Å². The fraction of sp³-hybridized carbons (Fsp3) is 0.286. The molecule has 0 aliphatic carbocycles. The van der Waals surface area contributed by atoms with E-state index in [1.807, 2.05) is 100 Å². The molecule has 2 rings (SSSR count). The highest BCUT2D eigenvalue weighted by Gasteiger charge is 2.03. The Balaban J connectivity index is 1.93. The van der Waals surface area contributed by atoms with Gasteiger partial charge in [0, 0.05) is 39.6 Å². The Morgan fingerprint density at radius 3 is 1.29 bits per heavy atom. The number of amides is 2. The molecule has 2 amide bonds. The van der Waals surface area contributed by atoms with Gasteiger partial charge in [0.05, 0.1) is 11.4 Å². The van der Waals surface area contributed by atoms with E-state index in [4.69, 9.17) is 0 Å². The van der Waals surface area contributed by atoms with Gasteiger partial charge >= 0.3 is 6.03 Å². The molecule has 0 radical (unpaired) electrons. The average Bonchev–Trinajstić information content (AvgIpc) is 2.70. The summed E-state index contributed by atoms with van der Waals surface area (Å²) in [7, 11) is 7.95. The Kier molecular flexibility index (Phi) is 7.14. The summed E-state index contributed by atoms with van der Waals surface area (Å²) in [6.45, 7) is 3.68. The van der Waals surface area contributed by atoms with Gasteiger partial charge in [-0.15, -0.1) is 0 Å². The van der Waals surface area contributed by atoms with Crippen LogP contribution in [0, 0.1) is 0 Å². The predicted octanol–water partition coefficient (Wildman–Crippen LogP) is 3.27. The first-order valence-corrected chi connectivity index (χ1v) is 8.98. The third kappa shape index (κ3) is 5.84. The third-order valence-electron chi connectivity index (χ3n) is 4.25. The average molecular weight is 380 g/mol. The van der Waals surface area contributed by atoms with Gasteiger partial charge in [-0.3, -0.25) is 0 Å². The van der Waals surface area contributed by atoms with E-state index >= 15 is 0 Å². The number of hydrazone groups is 2. The second-order valence-corrected chi connectivity index (χ2v) is 6.83. The van der Waals surface area contributed by atoms with Crippen LogP contribution in [0.2, 0.25) is 0 Å². The SMILES string of the molecule is CC(=NNC(=O)NN=C(C)c1ccc(N(C)C)cc1)c1ccc(N(C)C)cc1. The van der Waals surface area contributed by atoms with Gasteiger partial charge in [-0.05, 0) is 49.2 Å². The monoisotopic (exact) mass is 380 g/mol. The number of nitrogens with one attached hydrogen (secondary N) is 2. The first kappa shape index (κ1) is 21.0. The van der Waals surface area contributed by atoms with Crippen LogP contribution in [0.15, 0.2) is 58.7 Å². The maximum atomic E-state index is 12.0. The summed E-state index contributed by atoms with van der Waals surface area (Å²) < 4.78 is 0. The fourth-order valence-corrected chi connectivity index (χ4v) is 2.42. The summed E-state index contributed by atoms with van der Waals surface area (Å²) in [6, 6.07) is 15.4. The van der Waals surface area contributed by atoms with Crippen LogP contribution in [-0.4, -0.2) is 45.6 Å². The summed E-state index contributed by atoms with van der Waals surface area (Å²) >= 11 is 0. The highest BCUT2D eigenvalue weighted by molar-refractivity contribution is 6.00. The van der Waals surface area contributed by atoms with Gasteiger partial charge in [0.25, 0.3) is 0 Å². The minimum absolute atomic E-state index is 0.492. The lowest BCUT2D eigenvalue weighted by atomic mass is 10.1. The molecule has 0 saturated carbocycles. The van der Waals surface area contributed by atoms with Crippen molar-refractivity contribution in [2.24, 2.45) is 10.2 Å². The van der Waals surface area contributed by atoms with Crippen LogP contribution in [0.5, 0.6) is 0 Å². The zero-order chi connectivity index (χ0) is 20.7. The Morgan fingerprint density at radius 2 is 1.00 bits per heavy atom. The van der Waals surface area contributed by atoms with Gasteiger partial charge in [-0.2, -0.15) is 10.2 Å². The van der Waals surface area contributed by atoms with Gasteiger partial charge in [0.2, 0.25) is 0 Å². The lowest BCUT2D eigenvalue weighted by Gasteiger charge is -2.12. The molecule has 2 aromatic carbocycles. The fourth-order valence-electron chi connectivity index (χ4n) is 2.42. The van der Waals surface area contributed by atoms with E-state index in [0.717, 1.165) is 22.5 Å². The number of hydrogen-bond acceptors (Lipinski definition) is 5. The van der Waals surface area contributed by atoms with Crippen LogP contribution >= 0.6 is 0 Å². The summed E-state index contributed by atoms with van der Waals surface area (Å²) in [6.07, 6.45) is 0. The number of urea groups is 1. The van der Waals surface area contributed by atoms with E-state index in [-0.39, 0.29) is 0 Å². The standard InChI is InChI=1S/C21H28N6O/c1-15(17-7-11-19(12-8-17)26(3)4)22-24-21(28)25-23-16(2)18-9-13-20(14-10-18)27(5)6/h7-14H,1-6H3,(H2,24,25,28). The lowest BCUT2D eigenvalue weighted by molar-refractivity contribution is 0.242. The molecular weight excluding hydrogens is 352 g/mol. The van der Waals surface area contributed by atoms with Crippen LogP contribution < -0.4 is 20.7 Å². The third-order valence-corrected chi connectivity index (χ3v) is 4.25. The Hall–Kier alpha value is -3.35. The zero-order valence-electron chi connectivity index (χ0n) is 17.3. The number of rotatable bonds is 6. The molecule has 148 valence electrons. The van der Waals surface area contributed by atoms with Gasteiger partial charge in [0.1, 0.15) is 0 Å². The van der Waals surface area contributed by atoms with E-state index in [0.29, 0.717) is 11.4 Å². The van der Waals surface area contributed by atoms with Crippen LogP contribution in [0.25, 0.3) is 0 Å². The summed E-state index contributed by atoms with van der Waals surface area (Å²) in [4.78, 5) is 16.0. The molecule has 28 heavy (non-hydrogen) atoms. The maximum absolute atomic E-state index is 12.0. The number of nitrogens with zero attached hydrogens (tertiary/aromatic N) is 4. The molecule has 0 saturated heterocycles. The molecule has 7 heteroatoms. The molecule has 0 fully saturated rings. The molecule has 0 atom stereocenters. The number of carbonyl (C=O) groups is 1. The second kappa shape index (κ2) is 9.55. The largest absolute Gasteiger partial charge is 0.378 e. The minimum Gasteiger partial charge on any atom is -0.378 e. The van der Waals surface area contributed by atoms with Gasteiger partial charge in [-0.1, -0.05) is 24.3 Å². The molecule has 0 bridgehead atoms. The number of hydrogen-bond donors (Lipinski definition) is 2. The first-order chi connectivity index (χ1) is 13.3. The van der Waals surface area contributed by atoms with Crippen molar-refractivity contribution in [2.45, 2.75) is 13.8 Å². The molecule has 7 nitrogen and oxygen atoms in total. The molecule has 2 N–H and O–H groups in total. The number of benzene rings is 2. The molecule has 0 unspecified atom stereocenters. The maximum Gasteiger partial charge on any atom is 0.355 e. The van der Waals surface area contributed by atoms with Crippen molar-refractivity contribution in [3.05, 3.63) is 59.7 Å². The van der Waals surface area contributed by atoms with E-state index < -0.39 is 6.03 Å². The van der Waals surface area contributed by atoms with Crippen LogP contribution in [0.3, 0.4) is 0 Å². The lowest BCUT2D eigenvalue weighted by Crippen LogP contribution is -2.30. The smallest absolute Gasteiger partial charge is 0.355 e. The number of carbonyl (C=O) groups excluding carboxylic acids is 1.